The van der Waals surface area contributed by atoms with Crippen LogP contribution in [0.2, 0.25) is 0 Å². The molecular weight excluding hydrogens is 486 g/mol. The molecule has 0 radical (unpaired) electrons. The molecule has 0 saturated heterocycles. The summed E-state index contributed by atoms with van der Waals surface area (Å²) >= 11 is 1.46. The zero-order valence-corrected chi connectivity index (χ0v) is 21.6. The number of nitrogens with zero attached hydrogens (tertiary/aromatic N) is 1. The second-order valence-corrected chi connectivity index (χ2v) is 9.48. The lowest BCUT2D eigenvalue weighted by atomic mass is 10.1. The Morgan fingerprint density at radius 3 is 2.35 bits per heavy atom. The third-order valence-corrected chi connectivity index (χ3v) is 6.79. The van der Waals surface area contributed by atoms with Crippen LogP contribution >= 0.6 is 11.8 Å². The Morgan fingerprint density at radius 1 is 0.919 bits per heavy atom. The highest BCUT2D eigenvalue weighted by molar-refractivity contribution is 8.00. The van der Waals surface area contributed by atoms with Gasteiger partial charge in [0.1, 0.15) is 0 Å². The fourth-order valence-corrected chi connectivity index (χ4v) is 4.74. The van der Waals surface area contributed by atoms with Gasteiger partial charge in [0, 0.05) is 46.3 Å². The number of benzene rings is 3. The van der Waals surface area contributed by atoms with Crippen molar-refractivity contribution in [1.29, 1.82) is 0 Å². The summed E-state index contributed by atoms with van der Waals surface area (Å²) in [6.07, 6.45) is 2.02. The third kappa shape index (κ3) is 6.80. The predicted octanol–water partition coefficient (Wildman–Crippen LogP) is 5.29. The first-order chi connectivity index (χ1) is 17.9. The number of aryl methyl sites for hydroxylation is 1. The van der Waals surface area contributed by atoms with Crippen molar-refractivity contribution in [2.75, 3.05) is 24.2 Å². The second kappa shape index (κ2) is 12.3. The van der Waals surface area contributed by atoms with E-state index in [0.717, 1.165) is 21.4 Å². The van der Waals surface area contributed by atoms with E-state index < -0.39 is 0 Å². The third-order valence-electron chi connectivity index (χ3n) is 5.74. The molecule has 0 unspecified atom stereocenters. The molecule has 0 saturated carbocycles. The average molecular weight is 516 g/mol. The van der Waals surface area contributed by atoms with E-state index in [1.165, 1.54) is 11.8 Å². The van der Waals surface area contributed by atoms with Gasteiger partial charge in [-0.15, -0.1) is 11.8 Å². The van der Waals surface area contributed by atoms with Gasteiger partial charge < -0.3 is 19.9 Å². The molecule has 37 heavy (non-hydrogen) atoms. The van der Waals surface area contributed by atoms with Crippen LogP contribution in [-0.4, -0.2) is 41.3 Å². The van der Waals surface area contributed by atoms with Crippen LogP contribution in [0.1, 0.15) is 33.2 Å². The van der Waals surface area contributed by atoms with Gasteiger partial charge in [0.2, 0.25) is 5.91 Å². The van der Waals surface area contributed by atoms with Crippen LogP contribution in [0.4, 0.5) is 5.69 Å². The van der Waals surface area contributed by atoms with Crippen molar-refractivity contribution < 1.29 is 19.1 Å². The number of carbonyl (C=O) groups excluding carboxylic acids is 3. The van der Waals surface area contributed by atoms with Gasteiger partial charge in [0.15, 0.2) is 0 Å². The summed E-state index contributed by atoms with van der Waals surface area (Å²) in [5.41, 5.74) is 3.86. The standard InChI is InChI=1S/C29H29N3O4S/c1-3-36-29(35)22-12-14-23(15-13-22)31-27(33)19-37-26-18-32(25-7-5-4-6-24(25)26)17-16-30-28(34)21-10-8-20(2)9-11-21/h4-15,18H,3,16-17,19H2,1-2H3,(H,30,34)(H,31,33). The Balaban J connectivity index is 1.34. The number of anilines is 1. The number of carbonyl (C=O) groups is 3. The molecule has 7 nitrogen and oxygen atoms in total. The number of para-hydroxylation sites is 1. The van der Waals surface area contributed by atoms with Crippen molar-refractivity contribution >= 4 is 46.1 Å². The number of nitrogens with one attached hydrogen (secondary N) is 2. The van der Waals surface area contributed by atoms with Gasteiger partial charge >= 0.3 is 5.97 Å². The molecule has 0 aliphatic carbocycles. The summed E-state index contributed by atoms with van der Waals surface area (Å²) in [5.74, 6) is -0.395. The van der Waals surface area contributed by atoms with Gasteiger partial charge in [-0.2, -0.15) is 0 Å². The Hall–Kier alpha value is -4.04. The zero-order valence-electron chi connectivity index (χ0n) is 20.8. The van der Waals surface area contributed by atoms with Crippen molar-refractivity contribution in [2.24, 2.45) is 0 Å². The van der Waals surface area contributed by atoms with Crippen molar-refractivity contribution in [3.8, 4) is 0 Å². The smallest absolute Gasteiger partial charge is 0.338 e. The minimum absolute atomic E-state index is 0.0991. The van der Waals surface area contributed by atoms with E-state index in [0.29, 0.717) is 36.5 Å². The lowest BCUT2D eigenvalue weighted by Gasteiger charge is -2.08. The quantitative estimate of drug-likeness (QED) is 0.221. The largest absolute Gasteiger partial charge is 0.462 e. The lowest BCUT2D eigenvalue weighted by molar-refractivity contribution is -0.113. The number of rotatable bonds is 10. The van der Waals surface area contributed by atoms with E-state index in [2.05, 4.69) is 15.2 Å². The van der Waals surface area contributed by atoms with E-state index in [4.69, 9.17) is 4.74 Å². The van der Waals surface area contributed by atoms with Crippen LogP contribution < -0.4 is 10.6 Å². The van der Waals surface area contributed by atoms with E-state index in [1.807, 2.05) is 61.7 Å². The maximum atomic E-state index is 12.6. The number of hydrogen-bond acceptors (Lipinski definition) is 5. The lowest BCUT2D eigenvalue weighted by Crippen LogP contribution is -2.27. The molecule has 0 spiro atoms. The Labute approximate surface area is 220 Å². The molecule has 2 amide bonds. The molecule has 8 heteroatoms. The summed E-state index contributed by atoms with van der Waals surface area (Å²) in [6, 6.07) is 22.1. The molecule has 3 aromatic carbocycles. The minimum atomic E-state index is -0.387. The molecule has 4 aromatic rings. The van der Waals surface area contributed by atoms with Crippen molar-refractivity contribution in [2.45, 2.75) is 25.3 Å². The molecule has 190 valence electrons. The highest BCUT2D eigenvalue weighted by Gasteiger charge is 2.12. The monoisotopic (exact) mass is 515 g/mol. The number of thioether (sulfide) groups is 1. The van der Waals surface area contributed by atoms with Gasteiger partial charge in [-0.05, 0) is 56.3 Å². The average Bonchev–Trinajstić information content (AvgIpc) is 3.26. The topological polar surface area (TPSA) is 89.4 Å². The number of esters is 1. The first-order valence-corrected chi connectivity index (χ1v) is 13.1. The van der Waals surface area contributed by atoms with Gasteiger partial charge in [0.25, 0.3) is 5.91 Å². The summed E-state index contributed by atoms with van der Waals surface area (Å²) < 4.78 is 7.08. The Kier molecular flexibility index (Phi) is 8.64. The van der Waals surface area contributed by atoms with Crippen LogP contribution in [0.25, 0.3) is 10.9 Å². The molecule has 0 bridgehead atoms. The fourth-order valence-electron chi connectivity index (χ4n) is 3.85. The molecule has 1 aromatic heterocycles. The van der Waals surface area contributed by atoms with Crippen LogP contribution in [0.3, 0.4) is 0 Å². The molecule has 0 aliphatic heterocycles. The highest BCUT2D eigenvalue weighted by atomic mass is 32.2. The second-order valence-electron chi connectivity index (χ2n) is 8.46. The van der Waals surface area contributed by atoms with Crippen LogP contribution in [0, 0.1) is 6.92 Å². The van der Waals surface area contributed by atoms with Crippen molar-refractivity contribution in [1.82, 2.24) is 9.88 Å². The highest BCUT2D eigenvalue weighted by Crippen LogP contribution is 2.30. The molecule has 0 fully saturated rings. The number of fused-ring (bicyclic) bond motifs is 1. The van der Waals surface area contributed by atoms with E-state index >= 15 is 0 Å². The van der Waals surface area contributed by atoms with Crippen LogP contribution in [0.15, 0.2) is 83.9 Å². The molecule has 4 rings (SSSR count). The zero-order chi connectivity index (χ0) is 26.2. The fraction of sp³-hybridized carbons (Fsp3) is 0.207. The van der Waals surface area contributed by atoms with Crippen molar-refractivity contribution in [3.63, 3.8) is 0 Å². The van der Waals surface area contributed by atoms with E-state index in [9.17, 15) is 14.4 Å². The van der Waals surface area contributed by atoms with Crippen LogP contribution in [0.5, 0.6) is 0 Å². The van der Waals surface area contributed by atoms with E-state index in [-0.39, 0.29) is 23.5 Å². The molecule has 1 heterocycles. The summed E-state index contributed by atoms with van der Waals surface area (Å²) in [4.78, 5) is 37.8. The first kappa shape index (κ1) is 26.0. The van der Waals surface area contributed by atoms with Gasteiger partial charge in [-0.25, -0.2) is 4.79 Å². The molecule has 0 atom stereocenters. The summed E-state index contributed by atoms with van der Waals surface area (Å²) in [7, 11) is 0. The normalized spacial score (nSPS) is 10.8. The molecule has 0 aliphatic rings. The number of hydrogen-bond donors (Lipinski definition) is 2. The predicted molar refractivity (Wildman–Crippen MR) is 147 cm³/mol. The van der Waals surface area contributed by atoms with E-state index in [1.54, 1.807) is 31.2 Å². The van der Waals surface area contributed by atoms with Gasteiger partial charge in [-0.3, -0.25) is 9.59 Å². The molecule has 2 N–H and O–H groups in total. The van der Waals surface area contributed by atoms with Crippen LogP contribution in [-0.2, 0) is 16.1 Å². The maximum Gasteiger partial charge on any atom is 0.338 e. The summed E-state index contributed by atoms with van der Waals surface area (Å²) in [5, 5.41) is 6.90. The number of amides is 2. The number of ether oxygens (including phenoxy) is 1. The first-order valence-electron chi connectivity index (χ1n) is 12.1. The summed E-state index contributed by atoms with van der Waals surface area (Å²) in [6.45, 7) is 5.15. The SMILES string of the molecule is CCOC(=O)c1ccc(NC(=O)CSc2cn(CCNC(=O)c3ccc(C)cc3)c3ccccc23)cc1. The Morgan fingerprint density at radius 2 is 1.62 bits per heavy atom. The maximum absolute atomic E-state index is 12.6. The van der Waals surface area contributed by atoms with Gasteiger partial charge in [0.05, 0.1) is 17.9 Å². The van der Waals surface area contributed by atoms with Crippen molar-refractivity contribution in [3.05, 3.63) is 95.7 Å². The Bertz CT molecular complexity index is 1400. The number of aromatic nitrogens is 1. The molecular formula is C29H29N3O4S. The minimum Gasteiger partial charge on any atom is -0.462 e. The van der Waals surface area contributed by atoms with Gasteiger partial charge in [-0.1, -0.05) is 35.9 Å².